The minimum absolute atomic E-state index is 0.553. The molecule has 84 valence electrons. The quantitative estimate of drug-likeness (QED) is 0.793. The van der Waals surface area contributed by atoms with Crippen LogP contribution in [0.4, 0.5) is 0 Å². The second kappa shape index (κ2) is 4.24. The maximum atomic E-state index is 5.27. The van der Waals surface area contributed by atoms with E-state index in [0.29, 0.717) is 11.5 Å². The number of hydrogen-bond acceptors (Lipinski definition) is 4. The van der Waals surface area contributed by atoms with Crippen molar-refractivity contribution in [2.45, 2.75) is 6.92 Å². The Morgan fingerprint density at radius 2 is 2.19 bits per heavy atom. The van der Waals surface area contributed by atoms with Crippen molar-refractivity contribution in [3.63, 3.8) is 0 Å². The van der Waals surface area contributed by atoms with Crippen molar-refractivity contribution in [1.29, 1.82) is 0 Å². The highest BCUT2D eigenvalue weighted by Gasteiger charge is 2.07. The van der Waals surface area contributed by atoms with Gasteiger partial charge in [-0.15, -0.1) is 0 Å². The number of nitrogens with two attached hydrogens (primary N) is 1. The molecule has 0 aliphatic rings. The lowest BCUT2D eigenvalue weighted by Gasteiger charge is -2.10. The van der Waals surface area contributed by atoms with Gasteiger partial charge in [0.05, 0.1) is 24.8 Å². The fourth-order valence-electron chi connectivity index (χ4n) is 1.50. The maximum absolute atomic E-state index is 5.27. The minimum atomic E-state index is 0.553. The molecule has 0 radical (unpaired) electrons. The van der Waals surface area contributed by atoms with Gasteiger partial charge in [-0.1, -0.05) is 0 Å². The molecule has 1 heterocycles. The first-order chi connectivity index (χ1) is 7.74. The molecule has 0 bridgehead atoms. The van der Waals surface area contributed by atoms with Crippen LogP contribution >= 0.6 is 0 Å². The molecule has 0 amide bonds. The Labute approximate surface area is 93.4 Å². The largest absolute Gasteiger partial charge is 0.494 e. The summed E-state index contributed by atoms with van der Waals surface area (Å²) in [6.07, 6.45) is 3.65. The van der Waals surface area contributed by atoms with E-state index in [0.717, 1.165) is 11.4 Å². The van der Waals surface area contributed by atoms with Gasteiger partial charge in [-0.05, 0) is 19.1 Å². The van der Waals surface area contributed by atoms with E-state index >= 15 is 0 Å². The van der Waals surface area contributed by atoms with Crippen LogP contribution in [0.25, 0.3) is 5.69 Å². The summed E-state index contributed by atoms with van der Waals surface area (Å²) in [5.74, 6) is 6.33. The van der Waals surface area contributed by atoms with Crippen molar-refractivity contribution >= 4 is 0 Å². The summed E-state index contributed by atoms with van der Waals surface area (Å²) < 4.78 is 7.15. The molecule has 5 nitrogen and oxygen atoms in total. The topological polar surface area (TPSA) is 62.3 Å². The number of ether oxygens (including phenoxy) is 1. The Bertz CT molecular complexity index is 494. The molecular formula is C11H13N3O2. The molecule has 2 aromatic rings. The zero-order chi connectivity index (χ0) is 11.5. The summed E-state index contributed by atoms with van der Waals surface area (Å²) in [5, 5.41) is 0. The third kappa shape index (κ3) is 1.85. The van der Waals surface area contributed by atoms with Gasteiger partial charge in [0, 0.05) is 12.3 Å². The molecule has 0 saturated heterocycles. The highest BCUT2D eigenvalue weighted by molar-refractivity contribution is 5.51. The van der Waals surface area contributed by atoms with Crippen molar-refractivity contribution < 1.29 is 9.57 Å². The van der Waals surface area contributed by atoms with E-state index < -0.39 is 0 Å². The maximum Gasteiger partial charge on any atom is 0.150 e. The van der Waals surface area contributed by atoms with Gasteiger partial charge in [-0.3, -0.25) is 0 Å². The number of benzene rings is 1. The number of aromatic nitrogens is 2. The van der Waals surface area contributed by atoms with Crippen LogP contribution in [0.5, 0.6) is 11.5 Å². The summed E-state index contributed by atoms with van der Waals surface area (Å²) in [5.41, 5.74) is 1.84. The van der Waals surface area contributed by atoms with Crippen LogP contribution in [0.15, 0.2) is 30.7 Å². The molecule has 0 atom stereocenters. The van der Waals surface area contributed by atoms with E-state index in [1.807, 2.05) is 23.8 Å². The van der Waals surface area contributed by atoms with E-state index in [1.165, 1.54) is 0 Å². The van der Waals surface area contributed by atoms with E-state index in [2.05, 4.69) is 9.82 Å². The summed E-state index contributed by atoms with van der Waals surface area (Å²) in [6, 6.07) is 5.36. The molecule has 16 heavy (non-hydrogen) atoms. The Balaban J connectivity index is 2.48. The lowest BCUT2D eigenvalue weighted by Crippen LogP contribution is -2.03. The number of imidazole rings is 1. The number of rotatable bonds is 3. The van der Waals surface area contributed by atoms with Gasteiger partial charge in [-0.25, -0.2) is 4.98 Å². The first-order valence-corrected chi connectivity index (χ1v) is 4.80. The van der Waals surface area contributed by atoms with Crippen molar-refractivity contribution in [2.24, 2.45) is 5.90 Å². The van der Waals surface area contributed by atoms with E-state index in [9.17, 15) is 0 Å². The summed E-state index contributed by atoms with van der Waals surface area (Å²) in [6.45, 7) is 1.93. The molecule has 0 saturated carbocycles. The van der Waals surface area contributed by atoms with Gasteiger partial charge in [0.2, 0.25) is 0 Å². The fourth-order valence-corrected chi connectivity index (χ4v) is 1.50. The van der Waals surface area contributed by atoms with Crippen LogP contribution in [0.3, 0.4) is 0 Å². The van der Waals surface area contributed by atoms with Gasteiger partial charge >= 0.3 is 0 Å². The predicted molar refractivity (Wildman–Crippen MR) is 59.7 cm³/mol. The summed E-state index contributed by atoms with van der Waals surface area (Å²) >= 11 is 0. The second-order valence-corrected chi connectivity index (χ2v) is 3.37. The normalized spacial score (nSPS) is 10.2. The van der Waals surface area contributed by atoms with Crippen LogP contribution < -0.4 is 15.5 Å². The van der Waals surface area contributed by atoms with Crippen molar-refractivity contribution in [3.05, 3.63) is 36.4 Å². The first-order valence-electron chi connectivity index (χ1n) is 4.80. The lowest BCUT2D eigenvalue weighted by atomic mass is 10.2. The highest BCUT2D eigenvalue weighted by Crippen LogP contribution is 2.27. The molecular weight excluding hydrogens is 206 g/mol. The Morgan fingerprint density at radius 1 is 1.38 bits per heavy atom. The van der Waals surface area contributed by atoms with E-state index in [4.69, 9.17) is 10.6 Å². The average molecular weight is 219 g/mol. The smallest absolute Gasteiger partial charge is 0.150 e. The van der Waals surface area contributed by atoms with Crippen molar-refractivity contribution in [3.8, 4) is 17.2 Å². The minimum Gasteiger partial charge on any atom is -0.494 e. The molecule has 2 N–H and O–H groups in total. The van der Waals surface area contributed by atoms with Crippen LogP contribution in [-0.4, -0.2) is 16.7 Å². The standard InChI is InChI=1S/C11H13N3O2/c1-8-6-14(7-13-8)10-4-3-9(16-12)5-11(10)15-2/h3-7H,12H2,1-2H3. The van der Waals surface area contributed by atoms with Crippen LogP contribution in [0.1, 0.15) is 5.69 Å². The Morgan fingerprint density at radius 3 is 2.75 bits per heavy atom. The number of hydrogen-bond donors (Lipinski definition) is 1. The SMILES string of the molecule is COc1cc(ON)ccc1-n1cnc(C)c1. The average Bonchev–Trinajstić information content (AvgIpc) is 2.74. The molecule has 0 unspecified atom stereocenters. The van der Waals surface area contributed by atoms with Crippen molar-refractivity contribution in [2.75, 3.05) is 7.11 Å². The zero-order valence-electron chi connectivity index (χ0n) is 9.18. The third-order valence-electron chi connectivity index (χ3n) is 2.28. The molecule has 5 heteroatoms. The van der Waals surface area contributed by atoms with Gasteiger partial charge < -0.3 is 14.1 Å². The van der Waals surface area contributed by atoms with Crippen LogP contribution in [0.2, 0.25) is 0 Å². The van der Waals surface area contributed by atoms with Gasteiger partial charge in [-0.2, -0.15) is 5.90 Å². The summed E-state index contributed by atoms with van der Waals surface area (Å²) in [7, 11) is 1.60. The zero-order valence-corrected chi connectivity index (χ0v) is 9.18. The van der Waals surface area contributed by atoms with Crippen LogP contribution in [0, 0.1) is 6.92 Å². The number of nitrogens with zero attached hydrogens (tertiary/aromatic N) is 2. The second-order valence-electron chi connectivity index (χ2n) is 3.37. The Kier molecular flexibility index (Phi) is 2.78. The molecule has 1 aromatic heterocycles. The number of methoxy groups -OCH3 is 1. The highest BCUT2D eigenvalue weighted by atomic mass is 16.6. The first kappa shape index (κ1) is 10.5. The monoisotopic (exact) mass is 219 g/mol. The van der Waals surface area contributed by atoms with Gasteiger partial charge in [0.15, 0.2) is 5.75 Å². The van der Waals surface area contributed by atoms with Crippen LogP contribution in [-0.2, 0) is 0 Å². The molecule has 0 aliphatic heterocycles. The lowest BCUT2D eigenvalue weighted by molar-refractivity contribution is 0.330. The molecule has 1 aromatic carbocycles. The molecule has 0 spiro atoms. The Hall–Kier alpha value is -2.01. The molecule has 2 rings (SSSR count). The third-order valence-corrected chi connectivity index (χ3v) is 2.28. The molecule has 0 aliphatic carbocycles. The van der Waals surface area contributed by atoms with Crippen molar-refractivity contribution in [1.82, 2.24) is 9.55 Å². The predicted octanol–water partition coefficient (Wildman–Crippen LogP) is 1.44. The van der Waals surface area contributed by atoms with Gasteiger partial charge in [0.25, 0.3) is 0 Å². The van der Waals surface area contributed by atoms with E-state index in [1.54, 1.807) is 25.6 Å². The summed E-state index contributed by atoms with van der Waals surface area (Å²) in [4.78, 5) is 8.81. The van der Waals surface area contributed by atoms with E-state index in [-0.39, 0.29) is 0 Å². The number of aryl methyl sites for hydroxylation is 1. The fraction of sp³-hybridized carbons (Fsp3) is 0.182. The molecule has 0 fully saturated rings. The van der Waals surface area contributed by atoms with Gasteiger partial charge in [0.1, 0.15) is 5.75 Å².